The molecule has 1 aromatic rings. The summed E-state index contributed by atoms with van der Waals surface area (Å²) in [6.07, 6.45) is 3.82. The van der Waals surface area contributed by atoms with Gasteiger partial charge in [0.15, 0.2) is 0 Å². The molecule has 1 heterocycles. The number of likely N-dealkylation sites (tertiary alicyclic amines) is 1. The van der Waals surface area contributed by atoms with E-state index in [4.69, 9.17) is 0 Å². The molecule has 0 unspecified atom stereocenters. The SMILES string of the molecule is O=C(NC1CC1)C1CCN(Cc2ccc(F)cc2F)CC1. The van der Waals surface area contributed by atoms with Crippen molar-refractivity contribution in [2.75, 3.05) is 13.1 Å². The first-order valence-corrected chi connectivity index (χ1v) is 7.58. The van der Waals surface area contributed by atoms with Crippen molar-refractivity contribution < 1.29 is 13.6 Å². The monoisotopic (exact) mass is 294 g/mol. The minimum absolute atomic E-state index is 0.0833. The zero-order valence-corrected chi connectivity index (χ0v) is 11.9. The second kappa shape index (κ2) is 6.10. The average molecular weight is 294 g/mol. The fourth-order valence-electron chi connectivity index (χ4n) is 2.79. The number of carbonyl (C=O) groups excluding carboxylic acids is 1. The highest BCUT2D eigenvalue weighted by atomic mass is 19.1. The van der Waals surface area contributed by atoms with Gasteiger partial charge < -0.3 is 5.32 Å². The van der Waals surface area contributed by atoms with Crippen LogP contribution in [-0.4, -0.2) is 29.9 Å². The van der Waals surface area contributed by atoms with E-state index in [1.54, 1.807) is 0 Å². The summed E-state index contributed by atoms with van der Waals surface area (Å²) in [5, 5.41) is 3.04. The fourth-order valence-corrected chi connectivity index (χ4v) is 2.79. The van der Waals surface area contributed by atoms with Crippen molar-refractivity contribution in [2.24, 2.45) is 5.92 Å². The summed E-state index contributed by atoms with van der Waals surface area (Å²) in [7, 11) is 0. The lowest BCUT2D eigenvalue weighted by atomic mass is 9.95. The molecule has 1 saturated heterocycles. The lowest BCUT2D eigenvalue weighted by Crippen LogP contribution is -2.40. The minimum Gasteiger partial charge on any atom is -0.353 e. The summed E-state index contributed by atoms with van der Waals surface area (Å²) in [4.78, 5) is 14.1. The third-order valence-corrected chi connectivity index (χ3v) is 4.29. The van der Waals surface area contributed by atoms with Crippen molar-refractivity contribution in [3.8, 4) is 0 Å². The van der Waals surface area contributed by atoms with Crippen LogP contribution in [0.4, 0.5) is 8.78 Å². The molecule has 0 spiro atoms. The Hall–Kier alpha value is -1.49. The highest BCUT2D eigenvalue weighted by Gasteiger charge is 2.29. The number of amides is 1. The molecule has 1 N–H and O–H groups in total. The second-order valence-corrected chi connectivity index (χ2v) is 6.07. The summed E-state index contributed by atoms with van der Waals surface area (Å²) in [5.74, 6) is -0.791. The molecular weight excluding hydrogens is 274 g/mol. The molecule has 1 saturated carbocycles. The summed E-state index contributed by atoms with van der Waals surface area (Å²) in [6, 6.07) is 4.11. The molecule has 2 fully saturated rings. The van der Waals surface area contributed by atoms with E-state index < -0.39 is 11.6 Å². The van der Waals surface area contributed by atoms with Gasteiger partial charge in [0, 0.05) is 30.1 Å². The highest BCUT2D eigenvalue weighted by molar-refractivity contribution is 5.79. The smallest absolute Gasteiger partial charge is 0.223 e. The van der Waals surface area contributed by atoms with E-state index in [1.807, 2.05) is 0 Å². The van der Waals surface area contributed by atoms with Crippen LogP contribution < -0.4 is 5.32 Å². The Kier molecular flexibility index (Phi) is 4.19. The number of nitrogens with one attached hydrogen (secondary N) is 1. The first-order valence-electron chi connectivity index (χ1n) is 7.58. The predicted octanol–water partition coefficient (Wildman–Crippen LogP) is 2.46. The maximum absolute atomic E-state index is 13.6. The van der Waals surface area contributed by atoms with Crippen LogP contribution >= 0.6 is 0 Å². The molecule has 1 aliphatic heterocycles. The number of carbonyl (C=O) groups is 1. The number of nitrogens with zero attached hydrogens (tertiary/aromatic N) is 1. The van der Waals surface area contributed by atoms with Gasteiger partial charge in [0.05, 0.1) is 0 Å². The first-order chi connectivity index (χ1) is 10.1. The zero-order chi connectivity index (χ0) is 14.8. The number of hydrogen-bond donors (Lipinski definition) is 1. The van der Waals surface area contributed by atoms with E-state index in [2.05, 4.69) is 10.2 Å². The Morgan fingerprint density at radius 1 is 1.19 bits per heavy atom. The van der Waals surface area contributed by atoms with Crippen LogP contribution in [0.1, 0.15) is 31.2 Å². The molecule has 1 aromatic carbocycles. The van der Waals surface area contributed by atoms with Crippen LogP contribution in [0.2, 0.25) is 0 Å². The molecule has 3 rings (SSSR count). The molecule has 21 heavy (non-hydrogen) atoms. The van der Waals surface area contributed by atoms with Gasteiger partial charge in [-0.15, -0.1) is 0 Å². The van der Waals surface area contributed by atoms with Crippen molar-refractivity contribution in [1.29, 1.82) is 0 Å². The van der Waals surface area contributed by atoms with Crippen LogP contribution in [0.25, 0.3) is 0 Å². The highest BCUT2D eigenvalue weighted by Crippen LogP contribution is 2.23. The lowest BCUT2D eigenvalue weighted by molar-refractivity contribution is -0.126. The largest absolute Gasteiger partial charge is 0.353 e. The van der Waals surface area contributed by atoms with Gasteiger partial charge in [-0.25, -0.2) is 8.78 Å². The van der Waals surface area contributed by atoms with Crippen LogP contribution in [0.15, 0.2) is 18.2 Å². The molecule has 0 bridgehead atoms. The molecule has 1 amide bonds. The summed E-state index contributed by atoms with van der Waals surface area (Å²) < 4.78 is 26.5. The van der Waals surface area contributed by atoms with Crippen LogP contribution in [0.3, 0.4) is 0 Å². The Morgan fingerprint density at radius 3 is 2.52 bits per heavy atom. The molecule has 5 heteroatoms. The van der Waals surface area contributed by atoms with Crippen LogP contribution in [0, 0.1) is 17.6 Å². The normalized spacial score (nSPS) is 20.5. The van der Waals surface area contributed by atoms with Gasteiger partial charge in [0.25, 0.3) is 0 Å². The number of hydrogen-bond acceptors (Lipinski definition) is 2. The van der Waals surface area contributed by atoms with Gasteiger partial charge in [-0.3, -0.25) is 9.69 Å². The Balaban J connectivity index is 1.49. The van der Waals surface area contributed by atoms with Gasteiger partial charge in [0.2, 0.25) is 5.91 Å². The molecule has 1 aliphatic carbocycles. The Morgan fingerprint density at radius 2 is 1.90 bits per heavy atom. The molecule has 0 aromatic heterocycles. The van der Waals surface area contributed by atoms with E-state index >= 15 is 0 Å². The van der Waals surface area contributed by atoms with Crippen molar-refractivity contribution >= 4 is 5.91 Å². The van der Waals surface area contributed by atoms with Crippen molar-refractivity contribution in [3.05, 3.63) is 35.4 Å². The third-order valence-electron chi connectivity index (χ3n) is 4.29. The topological polar surface area (TPSA) is 32.3 Å². The molecule has 114 valence electrons. The molecular formula is C16H20F2N2O. The van der Waals surface area contributed by atoms with Crippen LogP contribution in [0.5, 0.6) is 0 Å². The zero-order valence-electron chi connectivity index (χ0n) is 11.9. The number of rotatable bonds is 4. The molecule has 0 atom stereocenters. The van der Waals surface area contributed by atoms with E-state index in [-0.39, 0.29) is 11.8 Å². The first kappa shape index (κ1) is 14.4. The molecule has 2 aliphatic rings. The summed E-state index contributed by atoms with van der Waals surface area (Å²) in [6.45, 7) is 2.03. The minimum atomic E-state index is -0.549. The third kappa shape index (κ3) is 3.79. The van der Waals surface area contributed by atoms with Gasteiger partial charge in [0.1, 0.15) is 11.6 Å². The quantitative estimate of drug-likeness (QED) is 0.925. The second-order valence-electron chi connectivity index (χ2n) is 6.07. The van der Waals surface area contributed by atoms with E-state index in [0.717, 1.165) is 44.8 Å². The fraction of sp³-hybridized carbons (Fsp3) is 0.562. The maximum Gasteiger partial charge on any atom is 0.223 e. The standard InChI is InChI=1S/C16H20F2N2O/c17-13-2-1-12(15(18)9-13)10-20-7-5-11(6-8-20)16(21)19-14-3-4-14/h1-2,9,11,14H,3-8,10H2,(H,19,21). The Labute approximate surface area is 123 Å². The van der Waals surface area contributed by atoms with E-state index in [9.17, 15) is 13.6 Å². The number of benzene rings is 1. The number of halogens is 2. The molecule has 3 nitrogen and oxygen atoms in total. The maximum atomic E-state index is 13.6. The van der Waals surface area contributed by atoms with Crippen molar-refractivity contribution in [3.63, 3.8) is 0 Å². The summed E-state index contributed by atoms with van der Waals surface area (Å²) in [5.41, 5.74) is 0.511. The van der Waals surface area contributed by atoms with E-state index in [1.165, 1.54) is 12.1 Å². The van der Waals surface area contributed by atoms with Gasteiger partial charge in [-0.1, -0.05) is 6.07 Å². The average Bonchev–Trinajstić information content (AvgIpc) is 3.26. The van der Waals surface area contributed by atoms with Crippen molar-refractivity contribution in [2.45, 2.75) is 38.3 Å². The lowest BCUT2D eigenvalue weighted by Gasteiger charge is -2.31. The van der Waals surface area contributed by atoms with Gasteiger partial charge in [-0.05, 0) is 44.8 Å². The Bertz CT molecular complexity index is 523. The van der Waals surface area contributed by atoms with Gasteiger partial charge >= 0.3 is 0 Å². The van der Waals surface area contributed by atoms with E-state index in [0.29, 0.717) is 18.2 Å². The predicted molar refractivity (Wildman–Crippen MR) is 75.5 cm³/mol. The van der Waals surface area contributed by atoms with Crippen molar-refractivity contribution in [1.82, 2.24) is 10.2 Å². The molecule has 0 radical (unpaired) electrons. The van der Waals surface area contributed by atoms with Crippen LogP contribution in [-0.2, 0) is 11.3 Å². The van der Waals surface area contributed by atoms with Gasteiger partial charge in [-0.2, -0.15) is 0 Å². The number of piperidine rings is 1. The summed E-state index contributed by atoms with van der Waals surface area (Å²) >= 11 is 0.